The summed E-state index contributed by atoms with van der Waals surface area (Å²) in [4.78, 5) is 4.21. The van der Waals surface area contributed by atoms with Gasteiger partial charge in [0.25, 0.3) is 0 Å². The van der Waals surface area contributed by atoms with E-state index in [-0.39, 0.29) is 0 Å². The molecular formula is C13H16N4. The zero-order valence-electron chi connectivity index (χ0n) is 9.77. The summed E-state index contributed by atoms with van der Waals surface area (Å²) in [7, 11) is 0. The number of nitrogens with one attached hydrogen (secondary N) is 2. The Balaban J connectivity index is 2.39. The fourth-order valence-corrected chi connectivity index (χ4v) is 1.74. The fourth-order valence-electron chi connectivity index (χ4n) is 1.74. The zero-order chi connectivity index (χ0) is 12.1. The van der Waals surface area contributed by atoms with Gasteiger partial charge in [-0.2, -0.15) is 0 Å². The van der Waals surface area contributed by atoms with E-state index in [1.54, 1.807) is 0 Å². The number of hydrogen-bond donors (Lipinski definition) is 3. The normalized spacial score (nSPS) is 11.5. The van der Waals surface area contributed by atoms with E-state index in [4.69, 9.17) is 5.84 Å². The van der Waals surface area contributed by atoms with Crippen molar-refractivity contribution in [2.75, 3.05) is 11.9 Å². The van der Waals surface area contributed by atoms with Gasteiger partial charge in [-0.05, 0) is 18.4 Å². The van der Waals surface area contributed by atoms with Gasteiger partial charge in [0.15, 0.2) is 0 Å². The Bertz CT molecular complexity index is 528. The van der Waals surface area contributed by atoms with E-state index in [1.807, 2.05) is 31.2 Å². The highest BCUT2D eigenvalue weighted by Gasteiger charge is 2.01. The van der Waals surface area contributed by atoms with Crippen LogP contribution in [0.1, 0.15) is 6.92 Å². The van der Waals surface area contributed by atoms with Crippen molar-refractivity contribution in [3.8, 4) is 0 Å². The number of hydrazine groups is 1. The minimum atomic E-state index is 0.573. The number of aliphatic imine (C=N–C) groups is 1. The molecule has 4 heteroatoms. The van der Waals surface area contributed by atoms with Gasteiger partial charge in [-0.1, -0.05) is 36.4 Å². The van der Waals surface area contributed by atoms with E-state index >= 15 is 0 Å². The molecule has 4 N–H and O–H groups in total. The standard InChI is InChI=1S/C13H16N4/c1-2-15-13(17-14)16-12-9-5-7-10-6-3-4-8-11(10)12/h3-9H,2,14H2,1H3,(H2,15,16,17). The summed E-state index contributed by atoms with van der Waals surface area (Å²) in [6.07, 6.45) is 0. The third kappa shape index (κ3) is 2.54. The third-order valence-corrected chi connectivity index (χ3v) is 2.50. The van der Waals surface area contributed by atoms with Gasteiger partial charge in [-0.3, -0.25) is 10.4 Å². The minimum absolute atomic E-state index is 0.573. The van der Waals surface area contributed by atoms with Crippen LogP contribution in [0.5, 0.6) is 0 Å². The molecule has 0 unspecified atom stereocenters. The van der Waals surface area contributed by atoms with Gasteiger partial charge in [0, 0.05) is 17.6 Å². The predicted molar refractivity (Wildman–Crippen MR) is 72.9 cm³/mol. The van der Waals surface area contributed by atoms with E-state index in [1.165, 1.54) is 5.39 Å². The average Bonchev–Trinajstić information content (AvgIpc) is 2.38. The van der Waals surface area contributed by atoms with Crippen LogP contribution >= 0.6 is 0 Å². The molecule has 0 aliphatic rings. The molecule has 0 amide bonds. The van der Waals surface area contributed by atoms with Crippen LogP contribution in [0, 0.1) is 0 Å². The molecule has 2 aromatic rings. The fraction of sp³-hybridized carbons (Fsp3) is 0.154. The van der Waals surface area contributed by atoms with Gasteiger partial charge in [-0.15, -0.1) is 0 Å². The topological polar surface area (TPSA) is 62.4 Å². The molecule has 0 radical (unpaired) electrons. The van der Waals surface area contributed by atoms with Crippen LogP contribution in [0.4, 0.5) is 5.69 Å². The van der Waals surface area contributed by atoms with Crippen LogP contribution in [-0.4, -0.2) is 12.5 Å². The Morgan fingerprint density at radius 2 is 1.94 bits per heavy atom. The number of anilines is 1. The Labute approximate surface area is 101 Å². The highest BCUT2D eigenvalue weighted by molar-refractivity contribution is 6.03. The molecule has 4 nitrogen and oxygen atoms in total. The lowest BCUT2D eigenvalue weighted by Gasteiger charge is -2.11. The molecule has 0 atom stereocenters. The molecule has 0 bridgehead atoms. The lowest BCUT2D eigenvalue weighted by molar-refractivity contribution is 0.986. The highest BCUT2D eigenvalue weighted by atomic mass is 15.3. The number of fused-ring (bicyclic) bond motifs is 1. The molecule has 0 aromatic heterocycles. The van der Waals surface area contributed by atoms with Crippen LogP contribution in [0.25, 0.3) is 10.8 Å². The summed E-state index contributed by atoms with van der Waals surface area (Å²) >= 11 is 0. The number of guanidine groups is 1. The van der Waals surface area contributed by atoms with Crippen LogP contribution in [0.3, 0.4) is 0 Å². The minimum Gasteiger partial charge on any atom is -0.325 e. The molecule has 0 spiro atoms. The summed E-state index contributed by atoms with van der Waals surface area (Å²) in [5, 5.41) is 5.52. The first-order chi connectivity index (χ1) is 8.35. The number of benzene rings is 2. The lowest BCUT2D eigenvalue weighted by Crippen LogP contribution is -2.36. The van der Waals surface area contributed by atoms with Gasteiger partial charge in [-0.25, -0.2) is 5.84 Å². The second-order valence-corrected chi connectivity index (χ2v) is 3.62. The molecule has 88 valence electrons. The van der Waals surface area contributed by atoms with Crippen molar-refractivity contribution in [3.05, 3.63) is 42.5 Å². The summed E-state index contributed by atoms with van der Waals surface area (Å²) in [5.74, 6) is 5.98. The van der Waals surface area contributed by atoms with Crippen molar-refractivity contribution in [2.45, 2.75) is 6.92 Å². The predicted octanol–water partition coefficient (Wildman–Crippen LogP) is 2.09. The summed E-state index contributed by atoms with van der Waals surface area (Å²) in [6.45, 7) is 2.64. The van der Waals surface area contributed by atoms with Crippen molar-refractivity contribution in [3.63, 3.8) is 0 Å². The first kappa shape index (κ1) is 11.4. The molecular weight excluding hydrogens is 212 g/mol. The van der Waals surface area contributed by atoms with Gasteiger partial charge in [0.1, 0.15) is 0 Å². The van der Waals surface area contributed by atoms with Gasteiger partial charge in [0.05, 0.1) is 0 Å². The Morgan fingerprint density at radius 3 is 2.71 bits per heavy atom. The van der Waals surface area contributed by atoms with Gasteiger partial charge in [0.2, 0.25) is 5.96 Å². The summed E-state index contributed by atoms with van der Waals surface area (Å²) < 4.78 is 0. The zero-order valence-corrected chi connectivity index (χ0v) is 9.77. The summed E-state index contributed by atoms with van der Waals surface area (Å²) in [6, 6.07) is 14.3. The molecule has 0 saturated carbocycles. The van der Waals surface area contributed by atoms with Gasteiger partial charge >= 0.3 is 0 Å². The number of hydrogen-bond acceptors (Lipinski definition) is 2. The van der Waals surface area contributed by atoms with Crippen LogP contribution in [-0.2, 0) is 0 Å². The van der Waals surface area contributed by atoms with Crippen molar-refractivity contribution in [2.24, 2.45) is 10.8 Å². The second kappa shape index (κ2) is 5.32. The largest absolute Gasteiger partial charge is 0.325 e. The highest BCUT2D eigenvalue weighted by Crippen LogP contribution is 2.22. The molecule has 2 aromatic carbocycles. The average molecular weight is 228 g/mol. The van der Waals surface area contributed by atoms with Crippen LogP contribution in [0.15, 0.2) is 47.5 Å². The maximum absolute atomic E-state index is 5.41. The van der Waals surface area contributed by atoms with E-state index < -0.39 is 0 Å². The number of rotatable bonds is 2. The molecule has 17 heavy (non-hydrogen) atoms. The Hall–Kier alpha value is -2.07. The molecule has 0 aliphatic heterocycles. The van der Waals surface area contributed by atoms with Crippen molar-refractivity contribution in [1.82, 2.24) is 5.43 Å². The third-order valence-electron chi connectivity index (χ3n) is 2.50. The van der Waals surface area contributed by atoms with E-state index in [2.05, 4.69) is 33.9 Å². The number of nitrogens with two attached hydrogens (primary N) is 1. The quantitative estimate of drug-likeness (QED) is 0.319. The maximum Gasteiger partial charge on any atom is 0.210 e. The summed E-state index contributed by atoms with van der Waals surface area (Å²) in [5.41, 5.74) is 3.55. The smallest absolute Gasteiger partial charge is 0.210 e. The van der Waals surface area contributed by atoms with Crippen molar-refractivity contribution < 1.29 is 0 Å². The monoisotopic (exact) mass is 228 g/mol. The first-order valence-electron chi connectivity index (χ1n) is 5.61. The van der Waals surface area contributed by atoms with Crippen LogP contribution < -0.4 is 16.6 Å². The van der Waals surface area contributed by atoms with Crippen LogP contribution in [0.2, 0.25) is 0 Å². The maximum atomic E-state index is 5.41. The first-order valence-corrected chi connectivity index (χ1v) is 5.61. The van der Waals surface area contributed by atoms with E-state index in [0.717, 1.165) is 11.1 Å². The van der Waals surface area contributed by atoms with Gasteiger partial charge < -0.3 is 5.32 Å². The van der Waals surface area contributed by atoms with E-state index in [9.17, 15) is 0 Å². The molecule has 0 heterocycles. The molecule has 0 saturated heterocycles. The molecule has 0 fully saturated rings. The SMILES string of the molecule is CCN=C(NN)Nc1cccc2ccccc12. The molecule has 2 rings (SSSR count). The van der Waals surface area contributed by atoms with Crippen molar-refractivity contribution in [1.29, 1.82) is 0 Å². The van der Waals surface area contributed by atoms with Crippen molar-refractivity contribution >= 4 is 22.4 Å². The Morgan fingerprint density at radius 1 is 1.18 bits per heavy atom. The lowest BCUT2D eigenvalue weighted by atomic mass is 10.1. The number of nitrogens with zero attached hydrogens (tertiary/aromatic N) is 1. The van der Waals surface area contributed by atoms with E-state index in [0.29, 0.717) is 12.5 Å². The molecule has 0 aliphatic carbocycles. The second-order valence-electron chi connectivity index (χ2n) is 3.62. The Kier molecular flexibility index (Phi) is 3.57.